The molecule has 2 aromatic carbocycles. The van der Waals surface area contributed by atoms with Crippen molar-refractivity contribution in [1.82, 2.24) is 14.8 Å². The zero-order chi connectivity index (χ0) is 21.0. The van der Waals surface area contributed by atoms with E-state index in [0.29, 0.717) is 37.5 Å². The van der Waals surface area contributed by atoms with Gasteiger partial charge in [0, 0.05) is 12.1 Å². The summed E-state index contributed by atoms with van der Waals surface area (Å²) in [5.74, 6) is 1.21. The lowest BCUT2D eigenvalue weighted by Crippen LogP contribution is -2.15. The van der Waals surface area contributed by atoms with Crippen LogP contribution in [0.4, 0.5) is 5.69 Å². The minimum atomic E-state index is -0.248. The number of para-hydroxylation sites is 1. The Bertz CT molecular complexity index is 1020. The van der Waals surface area contributed by atoms with E-state index in [-0.39, 0.29) is 18.3 Å². The first-order chi connectivity index (χ1) is 13.8. The first-order valence-electron chi connectivity index (χ1n) is 8.49. The third-order valence-electron chi connectivity index (χ3n) is 3.98. The molecule has 0 aliphatic heterocycles. The van der Waals surface area contributed by atoms with Crippen LogP contribution in [0.5, 0.6) is 5.75 Å². The quantitative estimate of drug-likeness (QED) is 0.468. The number of carbonyl (C=O) groups excluding carboxylic acids is 1. The molecule has 6 nitrogen and oxygen atoms in total. The van der Waals surface area contributed by atoms with Gasteiger partial charge in [0.25, 0.3) is 0 Å². The summed E-state index contributed by atoms with van der Waals surface area (Å²) in [7, 11) is 1.82. The van der Waals surface area contributed by atoms with Crippen molar-refractivity contribution < 1.29 is 9.53 Å². The number of carbonyl (C=O) groups is 1. The number of thioether (sulfide) groups is 1. The molecule has 3 aromatic rings. The van der Waals surface area contributed by atoms with E-state index in [0.717, 1.165) is 5.56 Å². The summed E-state index contributed by atoms with van der Waals surface area (Å²) in [6.07, 6.45) is 0. The molecule has 0 bridgehead atoms. The normalized spacial score (nSPS) is 10.8. The molecule has 10 heteroatoms. The Morgan fingerprint density at radius 1 is 1.14 bits per heavy atom. The molecule has 0 spiro atoms. The molecular weight excluding hydrogens is 455 g/mol. The Labute approximate surface area is 187 Å². The number of nitrogens with zero attached hydrogens (tertiary/aromatic N) is 3. The Morgan fingerprint density at radius 2 is 1.86 bits per heavy atom. The molecule has 0 aliphatic carbocycles. The summed E-state index contributed by atoms with van der Waals surface area (Å²) in [6, 6.07) is 10.5. The van der Waals surface area contributed by atoms with Crippen molar-refractivity contribution in [2.45, 2.75) is 18.7 Å². The molecule has 29 heavy (non-hydrogen) atoms. The van der Waals surface area contributed by atoms with Crippen molar-refractivity contribution in [2.75, 3.05) is 11.1 Å². The lowest BCUT2D eigenvalue weighted by molar-refractivity contribution is -0.113. The number of rotatable bonds is 7. The standard InChI is InChI=1S/C19H17Cl3N4O2S/c1-11-8-12(6-7-13(11)20)28-9-16-24-25-19(26(16)2)29-10-17(27)23-18-14(21)4-3-5-15(18)22/h3-8H,9-10H2,1-2H3,(H,23,27). The van der Waals surface area contributed by atoms with E-state index in [1.54, 1.807) is 34.9 Å². The van der Waals surface area contributed by atoms with Crippen LogP contribution in [-0.4, -0.2) is 26.4 Å². The van der Waals surface area contributed by atoms with Gasteiger partial charge in [-0.15, -0.1) is 10.2 Å². The van der Waals surface area contributed by atoms with Gasteiger partial charge in [0.2, 0.25) is 5.91 Å². The SMILES string of the molecule is Cc1cc(OCc2nnc(SCC(=O)Nc3c(Cl)cccc3Cl)n2C)ccc1Cl. The zero-order valence-corrected chi connectivity index (χ0v) is 18.7. The van der Waals surface area contributed by atoms with Crippen molar-refractivity contribution >= 4 is 58.2 Å². The van der Waals surface area contributed by atoms with Crippen LogP contribution in [0.3, 0.4) is 0 Å². The van der Waals surface area contributed by atoms with Gasteiger partial charge in [0.1, 0.15) is 12.4 Å². The van der Waals surface area contributed by atoms with Crippen molar-refractivity contribution in [1.29, 1.82) is 0 Å². The third-order valence-corrected chi connectivity index (χ3v) is 6.06. The van der Waals surface area contributed by atoms with E-state index in [1.165, 1.54) is 11.8 Å². The fraction of sp³-hybridized carbons (Fsp3) is 0.211. The molecular formula is C19H17Cl3N4O2S. The average molecular weight is 472 g/mol. The smallest absolute Gasteiger partial charge is 0.234 e. The van der Waals surface area contributed by atoms with Crippen LogP contribution in [-0.2, 0) is 18.4 Å². The maximum absolute atomic E-state index is 12.2. The average Bonchev–Trinajstić information content (AvgIpc) is 3.04. The minimum Gasteiger partial charge on any atom is -0.486 e. The number of ether oxygens (including phenoxy) is 1. The maximum atomic E-state index is 12.2. The Hall–Kier alpha value is -1.93. The number of benzene rings is 2. The van der Waals surface area contributed by atoms with E-state index < -0.39 is 0 Å². The number of anilines is 1. The molecule has 0 saturated heterocycles. The van der Waals surface area contributed by atoms with Gasteiger partial charge in [-0.25, -0.2) is 0 Å². The Kier molecular flexibility index (Phi) is 7.29. The van der Waals surface area contributed by atoms with E-state index >= 15 is 0 Å². The second-order valence-electron chi connectivity index (χ2n) is 6.09. The second kappa shape index (κ2) is 9.71. The number of amides is 1. The highest BCUT2D eigenvalue weighted by atomic mass is 35.5. The molecule has 0 fully saturated rings. The van der Waals surface area contributed by atoms with Crippen molar-refractivity contribution in [2.24, 2.45) is 7.05 Å². The molecule has 152 valence electrons. The number of halogens is 3. The highest BCUT2D eigenvalue weighted by Crippen LogP contribution is 2.30. The van der Waals surface area contributed by atoms with Crippen LogP contribution in [0.25, 0.3) is 0 Å². The monoisotopic (exact) mass is 470 g/mol. The molecule has 0 aliphatic rings. The second-order valence-corrected chi connectivity index (χ2v) is 8.26. The first-order valence-corrected chi connectivity index (χ1v) is 10.6. The van der Waals surface area contributed by atoms with Gasteiger partial charge < -0.3 is 14.6 Å². The van der Waals surface area contributed by atoms with Crippen molar-refractivity contribution in [3.8, 4) is 5.75 Å². The maximum Gasteiger partial charge on any atom is 0.234 e. The largest absolute Gasteiger partial charge is 0.486 e. The van der Waals surface area contributed by atoms with Crippen molar-refractivity contribution in [3.05, 3.63) is 62.9 Å². The molecule has 1 heterocycles. The van der Waals surface area contributed by atoms with E-state index in [2.05, 4.69) is 15.5 Å². The number of hydrogen-bond donors (Lipinski definition) is 1. The van der Waals surface area contributed by atoms with Crippen LogP contribution >= 0.6 is 46.6 Å². The Balaban J connectivity index is 1.56. The van der Waals surface area contributed by atoms with E-state index in [9.17, 15) is 4.79 Å². The van der Waals surface area contributed by atoms with Gasteiger partial charge in [0.05, 0.1) is 21.5 Å². The number of hydrogen-bond acceptors (Lipinski definition) is 5. The van der Waals surface area contributed by atoms with Gasteiger partial charge in [-0.1, -0.05) is 52.6 Å². The molecule has 1 N–H and O–H groups in total. The molecule has 3 rings (SSSR count). The van der Waals surface area contributed by atoms with Crippen molar-refractivity contribution in [3.63, 3.8) is 0 Å². The summed E-state index contributed by atoms with van der Waals surface area (Å²) in [5, 5.41) is 13.0. The summed E-state index contributed by atoms with van der Waals surface area (Å²) < 4.78 is 7.53. The molecule has 0 saturated carbocycles. The number of aryl methyl sites for hydroxylation is 1. The van der Waals surface area contributed by atoms with Gasteiger partial charge in [-0.3, -0.25) is 4.79 Å². The number of nitrogens with one attached hydrogen (secondary N) is 1. The minimum absolute atomic E-state index is 0.130. The molecule has 0 atom stereocenters. The van der Waals surface area contributed by atoms with Gasteiger partial charge in [-0.05, 0) is 42.8 Å². The predicted molar refractivity (Wildman–Crippen MR) is 117 cm³/mol. The van der Waals surface area contributed by atoms with E-state index in [4.69, 9.17) is 39.5 Å². The Morgan fingerprint density at radius 3 is 2.55 bits per heavy atom. The van der Waals surface area contributed by atoms with Crippen LogP contribution in [0.1, 0.15) is 11.4 Å². The summed E-state index contributed by atoms with van der Waals surface area (Å²) in [5.41, 5.74) is 1.33. The van der Waals surface area contributed by atoms with Gasteiger partial charge >= 0.3 is 0 Å². The third kappa shape index (κ3) is 5.57. The first kappa shape index (κ1) is 21.8. The fourth-order valence-corrected chi connectivity index (χ4v) is 3.71. The highest BCUT2D eigenvalue weighted by Gasteiger charge is 2.14. The fourth-order valence-electron chi connectivity index (χ4n) is 2.37. The lowest BCUT2D eigenvalue weighted by Gasteiger charge is -2.09. The lowest BCUT2D eigenvalue weighted by atomic mass is 10.2. The van der Waals surface area contributed by atoms with Crippen LogP contribution in [0.15, 0.2) is 41.6 Å². The molecule has 0 radical (unpaired) electrons. The predicted octanol–water partition coefficient (Wildman–Crippen LogP) is 5.39. The topological polar surface area (TPSA) is 69.0 Å². The number of aromatic nitrogens is 3. The summed E-state index contributed by atoms with van der Waals surface area (Å²) in [4.78, 5) is 12.2. The summed E-state index contributed by atoms with van der Waals surface area (Å²) >= 11 is 19.4. The van der Waals surface area contributed by atoms with E-state index in [1.807, 2.05) is 20.0 Å². The summed E-state index contributed by atoms with van der Waals surface area (Å²) in [6.45, 7) is 2.15. The van der Waals surface area contributed by atoms with Gasteiger partial charge in [-0.2, -0.15) is 0 Å². The molecule has 1 aromatic heterocycles. The van der Waals surface area contributed by atoms with Crippen LogP contribution in [0.2, 0.25) is 15.1 Å². The van der Waals surface area contributed by atoms with Crippen LogP contribution < -0.4 is 10.1 Å². The molecule has 0 unspecified atom stereocenters. The zero-order valence-electron chi connectivity index (χ0n) is 15.6. The molecule has 1 amide bonds. The highest BCUT2D eigenvalue weighted by molar-refractivity contribution is 7.99. The van der Waals surface area contributed by atoms with Crippen LogP contribution in [0, 0.1) is 6.92 Å². The van der Waals surface area contributed by atoms with Gasteiger partial charge in [0.15, 0.2) is 11.0 Å².